The van der Waals surface area contributed by atoms with Crippen LogP contribution in [-0.4, -0.2) is 22.1 Å². The molecule has 0 saturated carbocycles. The Labute approximate surface area is 173 Å². The fraction of sp³-hybridized carbons (Fsp3) is 0.174. The molecule has 1 aliphatic heterocycles. The van der Waals surface area contributed by atoms with Gasteiger partial charge in [0.05, 0.1) is 18.0 Å². The van der Waals surface area contributed by atoms with Crippen LogP contribution in [0.15, 0.2) is 75.9 Å². The second kappa shape index (κ2) is 7.76. The van der Waals surface area contributed by atoms with Crippen molar-refractivity contribution < 1.29 is 5.11 Å². The van der Waals surface area contributed by atoms with Gasteiger partial charge in [-0.25, -0.2) is 4.85 Å². The summed E-state index contributed by atoms with van der Waals surface area (Å²) in [5.74, 6) is 0.523. The van der Waals surface area contributed by atoms with Crippen molar-refractivity contribution in [3.63, 3.8) is 0 Å². The van der Waals surface area contributed by atoms with Crippen LogP contribution in [0.1, 0.15) is 25.6 Å². The van der Waals surface area contributed by atoms with E-state index < -0.39 is 0 Å². The second-order valence-corrected chi connectivity index (χ2v) is 7.12. The van der Waals surface area contributed by atoms with E-state index in [1.165, 1.54) is 6.07 Å². The number of aromatic hydroxyl groups is 1. The average Bonchev–Trinajstić information content (AvgIpc) is 2.74. The maximum absolute atomic E-state index is 13.4. The monoisotopic (exact) mass is 399 g/mol. The molecule has 4 rings (SSSR count). The van der Waals surface area contributed by atoms with Crippen molar-refractivity contribution in [2.24, 2.45) is 4.99 Å². The van der Waals surface area contributed by atoms with Gasteiger partial charge < -0.3 is 15.7 Å². The summed E-state index contributed by atoms with van der Waals surface area (Å²) >= 11 is 0. The Morgan fingerprint density at radius 1 is 1.23 bits per heavy atom. The number of hydrogen-bond donors (Lipinski definition) is 3. The third kappa shape index (κ3) is 3.40. The van der Waals surface area contributed by atoms with Crippen molar-refractivity contribution in [2.45, 2.75) is 26.1 Å². The van der Waals surface area contributed by atoms with Crippen molar-refractivity contribution in [3.8, 4) is 11.4 Å². The molecule has 2 atom stereocenters. The highest BCUT2D eigenvalue weighted by Crippen LogP contribution is 2.26. The Kier molecular flexibility index (Phi) is 4.98. The summed E-state index contributed by atoms with van der Waals surface area (Å²) in [5.41, 5.74) is 1.48. The summed E-state index contributed by atoms with van der Waals surface area (Å²) in [4.78, 5) is 21.2. The Morgan fingerprint density at radius 2 is 2.00 bits per heavy atom. The number of fused-ring (bicyclic) bond motifs is 1. The van der Waals surface area contributed by atoms with E-state index in [0.29, 0.717) is 28.3 Å². The maximum atomic E-state index is 13.4. The summed E-state index contributed by atoms with van der Waals surface area (Å²) in [6, 6.07) is 15.9. The van der Waals surface area contributed by atoms with E-state index in [9.17, 15) is 9.90 Å². The maximum Gasteiger partial charge on any atom is 0.267 e. The van der Waals surface area contributed by atoms with Crippen molar-refractivity contribution in [2.75, 3.05) is 0 Å². The number of rotatable bonds is 4. The zero-order chi connectivity index (χ0) is 21.3. The molecule has 2 aromatic carbocycles. The first-order valence-electron chi connectivity index (χ1n) is 9.60. The van der Waals surface area contributed by atoms with Gasteiger partial charge in [-0.05, 0) is 43.5 Å². The molecule has 2 heterocycles. The zero-order valence-electron chi connectivity index (χ0n) is 16.6. The largest absolute Gasteiger partial charge is 0.507 e. The van der Waals surface area contributed by atoms with E-state index >= 15 is 0 Å². The lowest BCUT2D eigenvalue weighted by Crippen LogP contribution is -2.38. The number of hydrogen-bond acceptors (Lipinski definition) is 5. The highest BCUT2D eigenvalue weighted by molar-refractivity contribution is 5.88. The van der Waals surface area contributed by atoms with E-state index in [1.54, 1.807) is 22.9 Å². The molecule has 0 aliphatic carbocycles. The first kappa shape index (κ1) is 19.3. The molecule has 30 heavy (non-hydrogen) atoms. The van der Waals surface area contributed by atoms with Gasteiger partial charge in [-0.1, -0.05) is 30.3 Å². The summed E-state index contributed by atoms with van der Waals surface area (Å²) in [6.07, 6.45) is 1.39. The molecule has 7 heteroatoms. The van der Waals surface area contributed by atoms with Gasteiger partial charge >= 0.3 is 0 Å². The van der Waals surface area contributed by atoms with Crippen LogP contribution < -0.4 is 16.2 Å². The van der Waals surface area contributed by atoms with Crippen LogP contribution in [0, 0.1) is 6.57 Å². The van der Waals surface area contributed by atoms with Gasteiger partial charge in [0.1, 0.15) is 17.7 Å². The predicted molar refractivity (Wildman–Crippen MR) is 117 cm³/mol. The number of aliphatic imine (C=N–C) groups is 1. The fourth-order valence-corrected chi connectivity index (χ4v) is 3.58. The minimum absolute atomic E-state index is 0.0497. The topological polar surface area (TPSA) is 83.0 Å². The number of aromatic nitrogens is 1. The molecule has 0 fully saturated rings. The Hall–Kier alpha value is -4.05. The Bertz CT molecular complexity index is 1270. The predicted octanol–water partition coefficient (Wildman–Crippen LogP) is 3.46. The normalized spacial score (nSPS) is 16.8. The SMILES string of the molecule is [C-]#[N+]C1=C(N[C@@H](C)c2cc3cccc(O)c3c(=O)n2-c2ccccc2)NC(C)N=C1. The molecule has 0 bridgehead atoms. The molecule has 7 nitrogen and oxygen atoms in total. The van der Waals surface area contributed by atoms with Crippen LogP contribution in [0.5, 0.6) is 5.75 Å². The molecule has 0 spiro atoms. The Balaban J connectivity index is 1.90. The van der Waals surface area contributed by atoms with Gasteiger partial charge in [-0.15, -0.1) is 0 Å². The van der Waals surface area contributed by atoms with Crippen LogP contribution in [0.25, 0.3) is 21.3 Å². The number of allylic oxidation sites excluding steroid dienone is 1. The van der Waals surface area contributed by atoms with Gasteiger partial charge in [0.15, 0.2) is 0 Å². The van der Waals surface area contributed by atoms with Crippen molar-refractivity contribution in [3.05, 3.63) is 93.6 Å². The van der Waals surface area contributed by atoms with Crippen LogP contribution in [0.2, 0.25) is 0 Å². The molecule has 0 saturated heterocycles. The number of para-hydroxylation sites is 1. The van der Waals surface area contributed by atoms with Crippen LogP contribution in [0.3, 0.4) is 0 Å². The standard InChI is InChI=1S/C23H21N5O2/c1-14(26-22-18(24-3)13-25-15(2)27-22)19-12-16-8-7-11-20(29)21(16)23(30)28(19)17-9-5-4-6-10-17/h4-15,26-27,29H,1-2H3/t14-,15?/m0/s1. The van der Waals surface area contributed by atoms with Crippen molar-refractivity contribution in [1.82, 2.24) is 15.2 Å². The van der Waals surface area contributed by atoms with Gasteiger partial charge in [-0.2, -0.15) is 0 Å². The number of pyridine rings is 1. The fourth-order valence-electron chi connectivity index (χ4n) is 3.58. The summed E-state index contributed by atoms with van der Waals surface area (Å²) < 4.78 is 1.60. The summed E-state index contributed by atoms with van der Waals surface area (Å²) in [5, 5.41) is 17.7. The lowest BCUT2D eigenvalue weighted by Gasteiger charge is -2.26. The van der Waals surface area contributed by atoms with Crippen LogP contribution >= 0.6 is 0 Å². The van der Waals surface area contributed by atoms with E-state index in [2.05, 4.69) is 20.5 Å². The molecular weight excluding hydrogens is 378 g/mol. The van der Waals surface area contributed by atoms with Crippen molar-refractivity contribution in [1.29, 1.82) is 0 Å². The van der Waals surface area contributed by atoms with Crippen LogP contribution in [-0.2, 0) is 0 Å². The average molecular weight is 399 g/mol. The van der Waals surface area contributed by atoms with Gasteiger partial charge in [0.25, 0.3) is 5.56 Å². The third-order valence-corrected chi connectivity index (χ3v) is 5.02. The number of nitrogens with zero attached hydrogens (tertiary/aromatic N) is 3. The van der Waals surface area contributed by atoms with Gasteiger partial charge in [0, 0.05) is 17.6 Å². The highest BCUT2D eigenvalue weighted by Gasteiger charge is 2.21. The van der Waals surface area contributed by atoms with E-state index in [4.69, 9.17) is 6.57 Å². The minimum Gasteiger partial charge on any atom is -0.507 e. The quantitative estimate of drug-likeness (QED) is 0.587. The number of phenols is 1. The van der Waals surface area contributed by atoms with Crippen LogP contribution in [0.4, 0.5) is 0 Å². The van der Waals surface area contributed by atoms with E-state index in [1.807, 2.05) is 50.2 Å². The lowest BCUT2D eigenvalue weighted by atomic mass is 10.1. The zero-order valence-corrected chi connectivity index (χ0v) is 16.6. The third-order valence-electron chi connectivity index (χ3n) is 5.02. The number of nitrogens with one attached hydrogen (secondary N) is 2. The molecule has 3 aromatic rings. The number of phenolic OH excluding ortho intramolecular Hbond substituents is 1. The smallest absolute Gasteiger partial charge is 0.267 e. The first-order chi connectivity index (χ1) is 14.5. The Morgan fingerprint density at radius 3 is 2.73 bits per heavy atom. The molecule has 0 radical (unpaired) electrons. The molecule has 150 valence electrons. The van der Waals surface area contributed by atoms with E-state index in [-0.39, 0.29) is 28.9 Å². The molecule has 1 aromatic heterocycles. The molecule has 1 aliphatic rings. The lowest BCUT2D eigenvalue weighted by molar-refractivity contribution is 0.480. The number of benzene rings is 2. The van der Waals surface area contributed by atoms with Gasteiger partial charge in [0.2, 0.25) is 5.70 Å². The summed E-state index contributed by atoms with van der Waals surface area (Å²) in [7, 11) is 0. The first-order valence-corrected chi connectivity index (χ1v) is 9.60. The second-order valence-electron chi connectivity index (χ2n) is 7.12. The molecule has 0 amide bonds. The molecular formula is C23H21N5O2. The van der Waals surface area contributed by atoms with Gasteiger partial charge in [-0.3, -0.25) is 14.4 Å². The van der Waals surface area contributed by atoms with Crippen molar-refractivity contribution >= 4 is 17.0 Å². The van der Waals surface area contributed by atoms with E-state index in [0.717, 1.165) is 0 Å². The molecule has 1 unspecified atom stereocenters. The summed E-state index contributed by atoms with van der Waals surface area (Å²) in [6.45, 7) is 11.2. The highest BCUT2D eigenvalue weighted by atomic mass is 16.3. The minimum atomic E-state index is -0.317. The molecule has 3 N–H and O–H groups in total.